The van der Waals surface area contributed by atoms with Gasteiger partial charge in [0.15, 0.2) is 0 Å². The predicted molar refractivity (Wildman–Crippen MR) is 103 cm³/mol. The highest BCUT2D eigenvalue weighted by atomic mass is 15.2. The molecule has 2 heteroatoms. The Balaban J connectivity index is 2.25. The van der Waals surface area contributed by atoms with Gasteiger partial charge in [-0.25, -0.2) is 0 Å². The molecule has 0 atom stereocenters. The standard InChI is InChI=1S/C22H26N2/c1-13-8-9-20(18(6)17(13)5)21-12-24(7)23-22(21)19-10-14(2)16(4)15(3)11-19/h8-12H,1-7H3. The Morgan fingerprint density at radius 1 is 0.708 bits per heavy atom. The summed E-state index contributed by atoms with van der Waals surface area (Å²) in [5.41, 5.74) is 12.8. The summed E-state index contributed by atoms with van der Waals surface area (Å²) in [7, 11) is 2.00. The molecule has 0 aliphatic rings. The molecule has 2 nitrogen and oxygen atoms in total. The van der Waals surface area contributed by atoms with Gasteiger partial charge in [-0.1, -0.05) is 12.1 Å². The summed E-state index contributed by atoms with van der Waals surface area (Å²) in [6.07, 6.45) is 2.14. The minimum atomic E-state index is 1.06. The lowest BCUT2D eigenvalue weighted by Gasteiger charge is -2.13. The van der Waals surface area contributed by atoms with Crippen LogP contribution in [0.25, 0.3) is 22.4 Å². The largest absolute Gasteiger partial charge is 0.275 e. The molecule has 0 saturated heterocycles. The van der Waals surface area contributed by atoms with Crippen LogP contribution in [0.1, 0.15) is 33.4 Å². The number of rotatable bonds is 2. The van der Waals surface area contributed by atoms with Crippen LogP contribution in [0.3, 0.4) is 0 Å². The molecule has 124 valence electrons. The van der Waals surface area contributed by atoms with Crippen molar-refractivity contribution < 1.29 is 0 Å². The van der Waals surface area contributed by atoms with E-state index in [2.05, 4.69) is 72.0 Å². The Bertz CT molecular complexity index is 906. The first kappa shape index (κ1) is 16.5. The van der Waals surface area contributed by atoms with Crippen LogP contribution in [-0.2, 0) is 7.05 Å². The number of hydrogen-bond acceptors (Lipinski definition) is 1. The van der Waals surface area contributed by atoms with Gasteiger partial charge in [-0.15, -0.1) is 0 Å². The molecule has 0 bridgehead atoms. The molecule has 0 aliphatic carbocycles. The maximum Gasteiger partial charge on any atom is 0.100 e. The first-order valence-electron chi connectivity index (χ1n) is 8.48. The molecule has 0 radical (unpaired) electrons. The molecule has 0 unspecified atom stereocenters. The van der Waals surface area contributed by atoms with E-state index in [0.29, 0.717) is 0 Å². The van der Waals surface area contributed by atoms with E-state index in [1.165, 1.54) is 50.1 Å². The maximum absolute atomic E-state index is 4.78. The van der Waals surface area contributed by atoms with Crippen molar-refractivity contribution in [3.05, 3.63) is 63.8 Å². The normalized spacial score (nSPS) is 11.1. The second-order valence-electron chi connectivity index (χ2n) is 6.98. The van der Waals surface area contributed by atoms with Gasteiger partial charge in [0.25, 0.3) is 0 Å². The highest BCUT2D eigenvalue weighted by molar-refractivity contribution is 5.83. The molecule has 1 heterocycles. The van der Waals surface area contributed by atoms with Gasteiger partial charge in [-0.05, 0) is 92.6 Å². The van der Waals surface area contributed by atoms with Crippen molar-refractivity contribution >= 4 is 0 Å². The monoisotopic (exact) mass is 318 g/mol. The van der Waals surface area contributed by atoms with Crippen molar-refractivity contribution in [1.82, 2.24) is 9.78 Å². The van der Waals surface area contributed by atoms with Crippen LogP contribution < -0.4 is 0 Å². The van der Waals surface area contributed by atoms with Gasteiger partial charge >= 0.3 is 0 Å². The molecule has 0 amide bonds. The molecule has 0 N–H and O–H groups in total. The van der Waals surface area contributed by atoms with Crippen LogP contribution in [0.15, 0.2) is 30.5 Å². The van der Waals surface area contributed by atoms with Crippen molar-refractivity contribution in [1.29, 1.82) is 0 Å². The molecular weight excluding hydrogens is 292 g/mol. The topological polar surface area (TPSA) is 17.8 Å². The fraction of sp³-hybridized carbons (Fsp3) is 0.318. The summed E-state index contributed by atoms with van der Waals surface area (Å²) in [5, 5.41) is 4.78. The maximum atomic E-state index is 4.78. The number of nitrogens with zero attached hydrogens (tertiary/aromatic N) is 2. The minimum Gasteiger partial charge on any atom is -0.275 e. The smallest absolute Gasteiger partial charge is 0.100 e. The molecule has 0 saturated carbocycles. The van der Waals surface area contributed by atoms with Crippen molar-refractivity contribution in [3.8, 4) is 22.4 Å². The Morgan fingerprint density at radius 3 is 1.96 bits per heavy atom. The van der Waals surface area contributed by atoms with Gasteiger partial charge in [-0.2, -0.15) is 5.10 Å². The molecule has 0 fully saturated rings. The van der Waals surface area contributed by atoms with E-state index < -0.39 is 0 Å². The quantitative estimate of drug-likeness (QED) is 0.601. The Labute approximate surface area is 145 Å². The van der Waals surface area contributed by atoms with E-state index in [9.17, 15) is 0 Å². The lowest BCUT2D eigenvalue weighted by atomic mass is 9.91. The van der Waals surface area contributed by atoms with Gasteiger partial charge < -0.3 is 0 Å². The molecule has 24 heavy (non-hydrogen) atoms. The van der Waals surface area contributed by atoms with Crippen molar-refractivity contribution in [2.75, 3.05) is 0 Å². The second-order valence-corrected chi connectivity index (χ2v) is 6.98. The third kappa shape index (κ3) is 2.66. The predicted octanol–water partition coefficient (Wildman–Crippen LogP) is 5.60. The van der Waals surface area contributed by atoms with E-state index in [4.69, 9.17) is 5.10 Å². The molecule has 1 aromatic heterocycles. The molecule has 2 aromatic carbocycles. The van der Waals surface area contributed by atoms with Crippen LogP contribution in [0.4, 0.5) is 0 Å². The zero-order chi connectivity index (χ0) is 17.6. The average molecular weight is 318 g/mol. The van der Waals surface area contributed by atoms with Crippen LogP contribution >= 0.6 is 0 Å². The van der Waals surface area contributed by atoms with Gasteiger partial charge in [0.2, 0.25) is 0 Å². The highest BCUT2D eigenvalue weighted by Gasteiger charge is 2.16. The molecule has 0 aliphatic heterocycles. The third-order valence-corrected chi connectivity index (χ3v) is 5.38. The fourth-order valence-corrected chi connectivity index (χ4v) is 3.32. The Morgan fingerprint density at radius 2 is 1.33 bits per heavy atom. The van der Waals surface area contributed by atoms with Crippen LogP contribution in [0.5, 0.6) is 0 Å². The van der Waals surface area contributed by atoms with Crippen LogP contribution in [-0.4, -0.2) is 9.78 Å². The van der Waals surface area contributed by atoms with Crippen LogP contribution in [0.2, 0.25) is 0 Å². The van der Waals surface area contributed by atoms with E-state index in [1.807, 2.05) is 11.7 Å². The molecule has 3 aromatic rings. The van der Waals surface area contributed by atoms with E-state index in [1.54, 1.807) is 0 Å². The summed E-state index contributed by atoms with van der Waals surface area (Å²) in [6.45, 7) is 13.1. The molecular formula is C22H26N2. The highest BCUT2D eigenvalue weighted by Crippen LogP contribution is 2.35. The van der Waals surface area contributed by atoms with E-state index in [0.717, 1.165) is 5.69 Å². The lowest BCUT2D eigenvalue weighted by Crippen LogP contribution is -1.93. The van der Waals surface area contributed by atoms with Gasteiger partial charge in [0, 0.05) is 24.4 Å². The fourth-order valence-electron chi connectivity index (χ4n) is 3.32. The summed E-state index contributed by atoms with van der Waals surface area (Å²) in [5.74, 6) is 0. The first-order valence-corrected chi connectivity index (χ1v) is 8.48. The molecule has 0 spiro atoms. The van der Waals surface area contributed by atoms with Crippen molar-refractivity contribution in [3.63, 3.8) is 0 Å². The summed E-state index contributed by atoms with van der Waals surface area (Å²) in [6, 6.07) is 8.95. The van der Waals surface area contributed by atoms with E-state index in [-0.39, 0.29) is 0 Å². The zero-order valence-corrected chi connectivity index (χ0v) is 15.8. The van der Waals surface area contributed by atoms with E-state index >= 15 is 0 Å². The van der Waals surface area contributed by atoms with Crippen LogP contribution in [0, 0.1) is 41.5 Å². The van der Waals surface area contributed by atoms with Gasteiger partial charge in [0.05, 0.1) is 0 Å². The Kier molecular flexibility index (Phi) is 4.08. The lowest BCUT2D eigenvalue weighted by molar-refractivity contribution is 0.771. The Hall–Kier alpha value is -2.35. The second kappa shape index (κ2) is 5.94. The zero-order valence-electron chi connectivity index (χ0n) is 15.8. The van der Waals surface area contributed by atoms with Crippen molar-refractivity contribution in [2.45, 2.75) is 41.5 Å². The number of aromatic nitrogens is 2. The minimum absolute atomic E-state index is 1.06. The SMILES string of the molecule is Cc1cc(-c2nn(C)cc2-c2ccc(C)c(C)c2C)cc(C)c1C. The first-order chi connectivity index (χ1) is 11.3. The molecule has 3 rings (SSSR count). The third-order valence-electron chi connectivity index (χ3n) is 5.38. The number of aryl methyl sites for hydroxylation is 4. The summed E-state index contributed by atoms with van der Waals surface area (Å²) in [4.78, 5) is 0. The number of hydrogen-bond donors (Lipinski definition) is 0. The summed E-state index contributed by atoms with van der Waals surface area (Å²) >= 11 is 0. The van der Waals surface area contributed by atoms with Gasteiger partial charge in [-0.3, -0.25) is 4.68 Å². The van der Waals surface area contributed by atoms with Gasteiger partial charge in [0.1, 0.15) is 5.69 Å². The average Bonchev–Trinajstić information content (AvgIpc) is 2.91. The summed E-state index contributed by atoms with van der Waals surface area (Å²) < 4.78 is 1.92. The van der Waals surface area contributed by atoms with Crippen molar-refractivity contribution in [2.24, 2.45) is 7.05 Å². The number of benzene rings is 2.